The van der Waals surface area contributed by atoms with Crippen LogP contribution in [-0.2, 0) is 9.09 Å². The Morgan fingerprint density at radius 2 is 2.05 bits per heavy atom. The van der Waals surface area contributed by atoms with E-state index in [0.29, 0.717) is 22.4 Å². The van der Waals surface area contributed by atoms with E-state index in [2.05, 4.69) is 6.92 Å². The Morgan fingerprint density at radius 3 is 2.63 bits per heavy atom. The third-order valence-corrected chi connectivity index (χ3v) is 6.49. The SMILES string of the molecule is CCCCSP(=O)(OCC)Oc1ccc(Cl)cc1Cl. The largest absolute Gasteiger partial charge is 0.440 e. The summed E-state index contributed by atoms with van der Waals surface area (Å²) in [6, 6.07) is 4.78. The quantitative estimate of drug-likeness (QED) is 0.425. The van der Waals surface area contributed by atoms with Crippen LogP contribution in [0.3, 0.4) is 0 Å². The van der Waals surface area contributed by atoms with Gasteiger partial charge in [0, 0.05) is 10.8 Å². The second kappa shape index (κ2) is 8.43. The molecule has 1 unspecified atom stereocenters. The van der Waals surface area contributed by atoms with Gasteiger partial charge in [0.05, 0.1) is 11.6 Å². The van der Waals surface area contributed by atoms with Gasteiger partial charge in [-0.05, 0) is 42.9 Å². The lowest BCUT2D eigenvalue weighted by molar-refractivity contribution is 0.296. The first kappa shape index (κ1) is 17.2. The van der Waals surface area contributed by atoms with Crippen molar-refractivity contribution in [1.29, 1.82) is 0 Å². The van der Waals surface area contributed by atoms with Gasteiger partial charge in [-0.3, -0.25) is 4.52 Å². The molecule has 108 valence electrons. The fourth-order valence-corrected chi connectivity index (χ4v) is 5.27. The summed E-state index contributed by atoms with van der Waals surface area (Å²) >= 11 is 13.0. The zero-order valence-electron chi connectivity index (χ0n) is 10.9. The van der Waals surface area contributed by atoms with Crippen LogP contribution in [0.2, 0.25) is 10.0 Å². The van der Waals surface area contributed by atoms with E-state index in [0.717, 1.165) is 18.6 Å². The molecule has 0 amide bonds. The summed E-state index contributed by atoms with van der Waals surface area (Å²) in [5, 5.41) is 0.825. The summed E-state index contributed by atoms with van der Waals surface area (Å²) in [6.45, 7) is 0.947. The Hall–Kier alpha value is 0.140. The van der Waals surface area contributed by atoms with E-state index in [-0.39, 0.29) is 0 Å². The molecule has 0 saturated carbocycles. The number of halogens is 2. The number of hydrogen-bond donors (Lipinski definition) is 0. The van der Waals surface area contributed by atoms with E-state index >= 15 is 0 Å². The Bertz CT molecular complexity index is 457. The molecule has 0 fully saturated rings. The summed E-state index contributed by atoms with van der Waals surface area (Å²) in [5.41, 5.74) is 0. The van der Waals surface area contributed by atoms with Gasteiger partial charge in [-0.15, -0.1) is 0 Å². The van der Waals surface area contributed by atoms with Gasteiger partial charge in [0.1, 0.15) is 5.75 Å². The van der Waals surface area contributed by atoms with Gasteiger partial charge < -0.3 is 4.52 Å². The number of hydrogen-bond acceptors (Lipinski definition) is 4. The van der Waals surface area contributed by atoms with E-state index in [9.17, 15) is 4.57 Å². The van der Waals surface area contributed by atoms with E-state index < -0.39 is 6.80 Å². The fourth-order valence-electron chi connectivity index (χ4n) is 1.24. The van der Waals surface area contributed by atoms with Gasteiger partial charge in [-0.2, -0.15) is 0 Å². The maximum Gasteiger partial charge on any atom is 0.440 e. The highest BCUT2D eigenvalue weighted by Gasteiger charge is 2.27. The first-order chi connectivity index (χ1) is 9.00. The Morgan fingerprint density at radius 1 is 1.32 bits per heavy atom. The molecule has 7 heteroatoms. The molecular formula is C12H17Cl2O3PS. The van der Waals surface area contributed by atoms with Crippen LogP contribution in [0, 0.1) is 0 Å². The van der Waals surface area contributed by atoms with Crippen molar-refractivity contribution in [3.63, 3.8) is 0 Å². The molecule has 0 bridgehead atoms. The summed E-state index contributed by atoms with van der Waals surface area (Å²) in [7, 11) is 0. The van der Waals surface area contributed by atoms with Crippen LogP contribution in [0.5, 0.6) is 5.75 Å². The van der Waals surface area contributed by atoms with Crippen LogP contribution in [0.25, 0.3) is 0 Å². The van der Waals surface area contributed by atoms with Gasteiger partial charge in [0.15, 0.2) is 0 Å². The van der Waals surface area contributed by atoms with Crippen molar-refractivity contribution in [3.8, 4) is 5.75 Å². The first-order valence-corrected chi connectivity index (χ1v) is 9.93. The van der Waals surface area contributed by atoms with Crippen LogP contribution in [-0.4, -0.2) is 12.4 Å². The molecule has 0 spiro atoms. The minimum Gasteiger partial charge on any atom is -0.415 e. The monoisotopic (exact) mass is 342 g/mol. The standard InChI is InChI=1S/C12H17Cl2O3PS/c1-3-5-8-19-18(15,16-4-2)17-12-7-6-10(13)9-11(12)14/h6-7,9H,3-5,8H2,1-2H3. The highest BCUT2D eigenvalue weighted by molar-refractivity contribution is 8.55. The molecule has 0 radical (unpaired) electrons. The molecule has 0 aliphatic heterocycles. The number of rotatable bonds is 8. The molecule has 0 aliphatic rings. The maximum absolute atomic E-state index is 12.5. The summed E-state index contributed by atoms with van der Waals surface area (Å²) in [4.78, 5) is 0. The molecule has 1 rings (SSSR count). The van der Waals surface area contributed by atoms with Gasteiger partial charge in [-0.25, -0.2) is 4.57 Å². The number of benzene rings is 1. The van der Waals surface area contributed by atoms with Gasteiger partial charge in [0.2, 0.25) is 0 Å². The lowest BCUT2D eigenvalue weighted by Gasteiger charge is -2.18. The highest BCUT2D eigenvalue weighted by Crippen LogP contribution is 2.61. The minimum atomic E-state index is -3.22. The molecular weight excluding hydrogens is 326 g/mol. The van der Waals surface area contributed by atoms with Crippen molar-refractivity contribution >= 4 is 41.4 Å². The Labute approximate surface area is 128 Å². The third kappa shape index (κ3) is 5.97. The van der Waals surface area contributed by atoms with Crippen molar-refractivity contribution in [1.82, 2.24) is 0 Å². The molecule has 0 aromatic heterocycles. The minimum absolute atomic E-state index is 0.321. The van der Waals surface area contributed by atoms with Crippen LogP contribution in [0.1, 0.15) is 26.7 Å². The Kier molecular flexibility index (Phi) is 7.63. The van der Waals surface area contributed by atoms with Gasteiger partial charge >= 0.3 is 6.80 Å². The maximum atomic E-state index is 12.5. The van der Waals surface area contributed by atoms with Gasteiger partial charge in [-0.1, -0.05) is 36.5 Å². The van der Waals surface area contributed by atoms with Crippen LogP contribution in [0.15, 0.2) is 18.2 Å². The lowest BCUT2D eigenvalue weighted by Crippen LogP contribution is -1.96. The molecule has 19 heavy (non-hydrogen) atoms. The smallest absolute Gasteiger partial charge is 0.415 e. The average Bonchev–Trinajstić information content (AvgIpc) is 2.34. The summed E-state index contributed by atoms with van der Waals surface area (Å²) < 4.78 is 23.3. The van der Waals surface area contributed by atoms with E-state index in [1.807, 2.05) is 0 Å². The normalized spacial score (nSPS) is 14.1. The van der Waals surface area contributed by atoms with Crippen LogP contribution in [0.4, 0.5) is 0 Å². The zero-order valence-corrected chi connectivity index (χ0v) is 14.1. The number of unbranched alkanes of at least 4 members (excludes halogenated alkanes) is 1. The van der Waals surface area contributed by atoms with E-state index in [1.165, 1.54) is 11.4 Å². The molecule has 1 aromatic rings. The molecule has 1 aromatic carbocycles. The van der Waals surface area contributed by atoms with Crippen molar-refractivity contribution in [3.05, 3.63) is 28.2 Å². The van der Waals surface area contributed by atoms with E-state index in [1.54, 1.807) is 25.1 Å². The fraction of sp³-hybridized carbons (Fsp3) is 0.500. The summed E-state index contributed by atoms with van der Waals surface area (Å²) in [6.07, 6.45) is 1.99. The van der Waals surface area contributed by atoms with Crippen molar-refractivity contribution in [2.45, 2.75) is 26.7 Å². The third-order valence-electron chi connectivity index (χ3n) is 2.14. The summed E-state index contributed by atoms with van der Waals surface area (Å²) in [5.74, 6) is 1.05. The molecule has 0 heterocycles. The first-order valence-electron chi connectivity index (χ1n) is 6.04. The van der Waals surface area contributed by atoms with Gasteiger partial charge in [0.25, 0.3) is 0 Å². The predicted octanol–water partition coefficient (Wildman–Crippen LogP) is 6.05. The van der Waals surface area contributed by atoms with Crippen LogP contribution < -0.4 is 4.52 Å². The molecule has 0 N–H and O–H groups in total. The molecule has 3 nitrogen and oxygen atoms in total. The van der Waals surface area contributed by atoms with Crippen molar-refractivity contribution in [2.24, 2.45) is 0 Å². The molecule has 0 aliphatic carbocycles. The van der Waals surface area contributed by atoms with Crippen LogP contribution >= 0.6 is 41.4 Å². The average molecular weight is 343 g/mol. The zero-order chi connectivity index (χ0) is 14.3. The second-order valence-corrected chi connectivity index (χ2v) is 8.68. The molecule has 1 atom stereocenters. The predicted molar refractivity (Wildman–Crippen MR) is 83.7 cm³/mol. The topological polar surface area (TPSA) is 35.5 Å². The second-order valence-electron chi connectivity index (χ2n) is 3.72. The van der Waals surface area contributed by atoms with E-state index in [4.69, 9.17) is 32.2 Å². The molecule has 0 saturated heterocycles. The Balaban J connectivity index is 2.79. The lowest BCUT2D eigenvalue weighted by atomic mass is 10.3. The van der Waals surface area contributed by atoms with Crippen molar-refractivity contribution < 1.29 is 13.6 Å². The highest BCUT2D eigenvalue weighted by atomic mass is 35.5. The van der Waals surface area contributed by atoms with Crippen molar-refractivity contribution in [2.75, 3.05) is 12.4 Å².